The molecule has 41 heavy (non-hydrogen) atoms. The number of pyridine rings is 1. The monoisotopic (exact) mass is 558 g/mol. The molecule has 1 saturated heterocycles. The maximum atomic E-state index is 13.5. The number of nitrogens with zero attached hydrogens (tertiary/aromatic N) is 5. The molecule has 0 aliphatic carbocycles. The van der Waals surface area contributed by atoms with E-state index in [4.69, 9.17) is 9.47 Å². The van der Waals surface area contributed by atoms with Crippen LogP contribution in [0.4, 0.5) is 26.4 Å². The van der Waals surface area contributed by atoms with E-state index in [1.165, 1.54) is 0 Å². The van der Waals surface area contributed by atoms with Crippen molar-refractivity contribution < 1.29 is 18.3 Å². The Morgan fingerprint density at radius 3 is 2.63 bits per heavy atom. The van der Waals surface area contributed by atoms with Gasteiger partial charge in [0.05, 0.1) is 35.5 Å². The van der Waals surface area contributed by atoms with E-state index in [1.54, 1.807) is 36.7 Å². The molecule has 1 aliphatic heterocycles. The van der Waals surface area contributed by atoms with Gasteiger partial charge < -0.3 is 25.1 Å². The van der Waals surface area contributed by atoms with Crippen LogP contribution in [0.1, 0.15) is 6.42 Å². The smallest absolute Gasteiger partial charge is 0.228 e. The van der Waals surface area contributed by atoms with Crippen molar-refractivity contribution in [1.82, 2.24) is 29.8 Å². The van der Waals surface area contributed by atoms with Crippen molar-refractivity contribution in [3.05, 3.63) is 78.6 Å². The number of aromatic nitrogens is 5. The molecule has 1 aliphatic rings. The highest BCUT2D eigenvalue weighted by Crippen LogP contribution is 2.31. The van der Waals surface area contributed by atoms with Crippen molar-refractivity contribution >= 4 is 28.6 Å². The minimum absolute atomic E-state index is 0.324. The van der Waals surface area contributed by atoms with Crippen LogP contribution in [0.25, 0.3) is 22.3 Å². The summed E-state index contributed by atoms with van der Waals surface area (Å²) in [6.07, 6.45) is 4.35. The van der Waals surface area contributed by atoms with Crippen molar-refractivity contribution in [1.29, 1.82) is 0 Å². The van der Waals surface area contributed by atoms with Crippen molar-refractivity contribution in [2.45, 2.75) is 6.42 Å². The van der Waals surface area contributed by atoms with Crippen LogP contribution in [0.15, 0.2) is 67.0 Å². The quantitative estimate of drug-likeness (QED) is 0.195. The highest BCUT2D eigenvalue weighted by Gasteiger charge is 2.13. The summed E-state index contributed by atoms with van der Waals surface area (Å²) in [6.45, 7) is 5.30. The Hall–Kier alpha value is -4.68. The summed E-state index contributed by atoms with van der Waals surface area (Å²) < 4.78 is 38.5. The highest BCUT2D eigenvalue weighted by atomic mass is 19.2. The number of imidazole rings is 1. The largest absolute Gasteiger partial charge is 0.438 e. The van der Waals surface area contributed by atoms with Crippen molar-refractivity contribution in [3.8, 4) is 22.9 Å². The summed E-state index contributed by atoms with van der Waals surface area (Å²) in [7, 11) is 0. The van der Waals surface area contributed by atoms with Crippen LogP contribution in [0, 0.1) is 11.6 Å². The van der Waals surface area contributed by atoms with Gasteiger partial charge in [-0.2, -0.15) is 0 Å². The lowest BCUT2D eigenvalue weighted by Crippen LogP contribution is -2.37. The second-order valence-electron chi connectivity index (χ2n) is 9.48. The summed E-state index contributed by atoms with van der Waals surface area (Å²) in [5.74, 6) is 0.00824. The number of hydrogen-bond donors (Lipinski definition) is 3. The van der Waals surface area contributed by atoms with Crippen LogP contribution in [-0.2, 0) is 4.74 Å². The number of rotatable bonds is 10. The molecule has 0 spiro atoms. The Bertz CT molecular complexity index is 1580. The van der Waals surface area contributed by atoms with Gasteiger partial charge in [0.2, 0.25) is 17.8 Å². The Labute approximate surface area is 234 Å². The van der Waals surface area contributed by atoms with Crippen LogP contribution in [0.3, 0.4) is 0 Å². The molecule has 0 atom stereocenters. The Morgan fingerprint density at radius 1 is 0.951 bits per heavy atom. The van der Waals surface area contributed by atoms with Gasteiger partial charge in [-0.25, -0.2) is 28.7 Å². The van der Waals surface area contributed by atoms with E-state index in [1.807, 2.05) is 18.2 Å². The van der Waals surface area contributed by atoms with Gasteiger partial charge in [-0.1, -0.05) is 0 Å². The van der Waals surface area contributed by atoms with E-state index in [0.717, 1.165) is 63.5 Å². The van der Waals surface area contributed by atoms with Crippen LogP contribution in [0.2, 0.25) is 0 Å². The molecule has 0 saturated carbocycles. The van der Waals surface area contributed by atoms with E-state index in [0.29, 0.717) is 45.9 Å². The number of hydrogen-bond acceptors (Lipinski definition) is 9. The minimum Gasteiger partial charge on any atom is -0.438 e. The van der Waals surface area contributed by atoms with Crippen molar-refractivity contribution in [2.75, 3.05) is 50.0 Å². The number of ether oxygens (including phenoxy) is 2. The summed E-state index contributed by atoms with van der Waals surface area (Å²) >= 11 is 0. The Kier molecular flexibility index (Phi) is 7.92. The van der Waals surface area contributed by atoms with Gasteiger partial charge in [-0.05, 0) is 55.4 Å². The highest BCUT2D eigenvalue weighted by molar-refractivity contribution is 5.78. The molecule has 12 heteroatoms. The van der Waals surface area contributed by atoms with Gasteiger partial charge in [0, 0.05) is 49.8 Å². The molecule has 6 rings (SSSR count). The van der Waals surface area contributed by atoms with E-state index < -0.39 is 11.6 Å². The molecule has 4 heterocycles. The summed E-state index contributed by atoms with van der Waals surface area (Å²) in [6, 6.07) is 14.8. The number of H-pyrrole nitrogens is 1. The molecular formula is C29H28F2N8O2. The van der Waals surface area contributed by atoms with Gasteiger partial charge in [-0.3, -0.25) is 4.90 Å². The first-order valence-electron chi connectivity index (χ1n) is 13.3. The van der Waals surface area contributed by atoms with Crippen LogP contribution in [-0.4, -0.2) is 69.2 Å². The second kappa shape index (κ2) is 12.2. The van der Waals surface area contributed by atoms with Gasteiger partial charge >= 0.3 is 0 Å². The molecule has 1 fully saturated rings. The molecule has 210 valence electrons. The van der Waals surface area contributed by atoms with Crippen molar-refractivity contribution in [3.63, 3.8) is 0 Å². The van der Waals surface area contributed by atoms with E-state index >= 15 is 0 Å². The third-order valence-electron chi connectivity index (χ3n) is 6.60. The lowest BCUT2D eigenvalue weighted by Gasteiger charge is -2.26. The lowest BCUT2D eigenvalue weighted by atomic mass is 10.2. The normalized spacial score (nSPS) is 13.8. The van der Waals surface area contributed by atoms with Crippen LogP contribution in [0.5, 0.6) is 11.6 Å². The Morgan fingerprint density at radius 2 is 1.78 bits per heavy atom. The maximum Gasteiger partial charge on any atom is 0.228 e. The van der Waals surface area contributed by atoms with Gasteiger partial charge in [-0.15, -0.1) is 0 Å². The van der Waals surface area contributed by atoms with Crippen molar-refractivity contribution in [2.24, 2.45) is 0 Å². The lowest BCUT2D eigenvalue weighted by molar-refractivity contribution is 0.0378. The average Bonchev–Trinajstić information content (AvgIpc) is 3.38. The molecule has 0 unspecified atom stereocenters. The number of anilines is 3. The predicted octanol–water partition coefficient (Wildman–Crippen LogP) is 5.36. The SMILES string of the molecule is Fc1cc2nc(Nc3ccc(Oc4ncccc4-c4ccnc(NCCCN5CCOCC5)n4)cc3)[nH]c2cc1F. The molecule has 3 aromatic heterocycles. The van der Waals surface area contributed by atoms with Gasteiger partial charge in [0.25, 0.3) is 0 Å². The summed E-state index contributed by atoms with van der Waals surface area (Å²) in [5, 5.41) is 6.40. The number of halogens is 2. The number of benzene rings is 2. The maximum absolute atomic E-state index is 13.5. The van der Waals surface area contributed by atoms with Crippen LogP contribution < -0.4 is 15.4 Å². The minimum atomic E-state index is -0.945. The fourth-order valence-electron chi connectivity index (χ4n) is 4.51. The fraction of sp³-hybridized carbons (Fsp3) is 0.241. The first kappa shape index (κ1) is 26.5. The standard InChI is InChI=1S/C29H28F2N8O2/c30-22-17-25-26(18-23(22)31)38-29(37-25)35-19-4-6-20(7-5-19)41-27-21(3-1-9-32-27)24-8-11-34-28(36-24)33-10-2-12-39-13-15-40-16-14-39/h1,3-9,11,17-18H,2,10,12-16H2,(H,33,34,36)(H2,35,37,38). The molecule has 0 amide bonds. The predicted molar refractivity (Wildman–Crippen MR) is 151 cm³/mol. The van der Waals surface area contributed by atoms with E-state index in [2.05, 4.69) is 40.5 Å². The first-order chi connectivity index (χ1) is 20.1. The third kappa shape index (κ3) is 6.56. The van der Waals surface area contributed by atoms with Gasteiger partial charge in [0.15, 0.2) is 11.6 Å². The average molecular weight is 559 g/mol. The zero-order valence-corrected chi connectivity index (χ0v) is 22.1. The molecule has 10 nitrogen and oxygen atoms in total. The topological polar surface area (TPSA) is 113 Å². The van der Waals surface area contributed by atoms with E-state index in [-0.39, 0.29) is 0 Å². The zero-order valence-electron chi connectivity index (χ0n) is 22.1. The molecule has 3 N–H and O–H groups in total. The summed E-state index contributed by atoms with van der Waals surface area (Å²) in [5.41, 5.74) is 2.85. The summed E-state index contributed by atoms with van der Waals surface area (Å²) in [4.78, 5) is 23.1. The third-order valence-corrected chi connectivity index (χ3v) is 6.60. The van der Waals surface area contributed by atoms with E-state index in [9.17, 15) is 8.78 Å². The van der Waals surface area contributed by atoms with Gasteiger partial charge in [0.1, 0.15) is 5.75 Å². The molecule has 5 aromatic rings. The molecule has 0 bridgehead atoms. The number of nitrogens with one attached hydrogen (secondary N) is 3. The van der Waals surface area contributed by atoms with Crippen LogP contribution >= 0.6 is 0 Å². The Balaban J connectivity index is 1.09. The molecule has 0 radical (unpaired) electrons. The number of aromatic amines is 1. The second-order valence-corrected chi connectivity index (χ2v) is 9.48. The molecule has 2 aromatic carbocycles. The zero-order chi connectivity index (χ0) is 28.0. The first-order valence-corrected chi connectivity index (χ1v) is 13.3. The molecular weight excluding hydrogens is 530 g/mol. The number of fused-ring (bicyclic) bond motifs is 1. The number of morpholine rings is 1. The fourth-order valence-corrected chi connectivity index (χ4v) is 4.51.